The van der Waals surface area contributed by atoms with Crippen molar-refractivity contribution in [1.82, 2.24) is 14.0 Å². The third-order valence-electron chi connectivity index (χ3n) is 6.48. The molecule has 1 saturated heterocycles. The van der Waals surface area contributed by atoms with Gasteiger partial charge in [0.05, 0.1) is 20.8 Å². The summed E-state index contributed by atoms with van der Waals surface area (Å²) in [6, 6.07) is 3.21. The maximum Gasteiger partial charge on any atom is 0.416 e. The first-order chi connectivity index (χ1) is 22.0. The lowest BCUT2D eigenvalue weighted by Gasteiger charge is -2.14. The Bertz CT molecular complexity index is 2290. The molecule has 0 bridgehead atoms. The lowest BCUT2D eigenvalue weighted by Crippen LogP contribution is -2.35. The molecular formula is C26H17F3N4O10S4. The number of thiazole rings is 2. The Kier molecular flexibility index (Phi) is 9.01. The van der Waals surface area contributed by atoms with E-state index in [1.807, 2.05) is 0 Å². The van der Waals surface area contributed by atoms with Crippen molar-refractivity contribution in [3.8, 4) is 0 Å². The Morgan fingerprint density at radius 3 is 2.04 bits per heavy atom. The molecule has 3 aromatic rings. The zero-order chi connectivity index (χ0) is 34.5. The molecule has 0 aliphatic carbocycles. The molecule has 246 valence electrons. The van der Waals surface area contributed by atoms with E-state index in [4.69, 9.17) is 5.11 Å². The molecule has 2 aromatic heterocycles. The number of halogens is 3. The number of aliphatic carboxylic acids is 3. The van der Waals surface area contributed by atoms with E-state index in [-0.39, 0.29) is 35.8 Å². The Labute approximate surface area is 274 Å². The number of rotatable bonds is 7. The lowest BCUT2D eigenvalue weighted by atomic mass is 10.2. The average Bonchev–Trinajstić information content (AvgIpc) is 3.65. The maximum absolute atomic E-state index is 13.5. The predicted molar refractivity (Wildman–Crippen MR) is 163 cm³/mol. The van der Waals surface area contributed by atoms with E-state index in [0.29, 0.717) is 42.1 Å². The van der Waals surface area contributed by atoms with Crippen molar-refractivity contribution in [3.63, 3.8) is 0 Å². The van der Waals surface area contributed by atoms with E-state index in [0.717, 1.165) is 28.5 Å². The van der Waals surface area contributed by atoms with Gasteiger partial charge in [0.2, 0.25) is 0 Å². The number of hydrogen-bond acceptors (Lipinski definition) is 12. The molecule has 0 atom stereocenters. The largest absolute Gasteiger partial charge is 0.480 e. The molecule has 3 N–H and O–H groups in total. The minimum atomic E-state index is -4.57. The van der Waals surface area contributed by atoms with Crippen molar-refractivity contribution in [2.45, 2.75) is 24.2 Å². The van der Waals surface area contributed by atoms with Gasteiger partial charge in [-0.2, -0.15) is 13.2 Å². The number of aromatic nitrogens is 2. The molecule has 14 nitrogen and oxygen atoms in total. The van der Waals surface area contributed by atoms with Crippen LogP contribution >= 0.6 is 46.2 Å². The summed E-state index contributed by atoms with van der Waals surface area (Å²) in [4.78, 5) is 88.6. The van der Waals surface area contributed by atoms with Gasteiger partial charge in [-0.15, -0.1) is 22.7 Å². The van der Waals surface area contributed by atoms with Gasteiger partial charge in [-0.3, -0.25) is 47.6 Å². The number of amides is 2. The smallest absolute Gasteiger partial charge is 0.416 e. The standard InChI is InChI=1S/C26H17F3N4O10S4/c1-30-11-6-10(26(27,28)29)2-3-12(11)44-14(30)5-4-13-20(40)31(7-15(34)35)23(45-13)18-21(41)32(8-16(36)37)24(46-18)19-22(42)33(9-17(38)39)25(43)47-19/h2-6H,7-9H2,1H3,(H,34,35)(H,36,37)(H,38,39)/b13-4?,14-5?,23-18+,24-19+. The van der Waals surface area contributed by atoms with Crippen LogP contribution in [-0.4, -0.2) is 72.0 Å². The number of benzene rings is 1. The second kappa shape index (κ2) is 12.5. The van der Waals surface area contributed by atoms with Gasteiger partial charge in [0.15, 0.2) is 0 Å². The summed E-state index contributed by atoms with van der Waals surface area (Å²) < 4.78 is 40.2. The van der Waals surface area contributed by atoms with E-state index < -0.39 is 76.5 Å². The maximum atomic E-state index is 13.5. The Balaban J connectivity index is 1.73. The van der Waals surface area contributed by atoms with Gasteiger partial charge in [0, 0.05) is 11.9 Å². The van der Waals surface area contributed by atoms with Crippen molar-refractivity contribution in [3.05, 3.63) is 74.0 Å². The number of alkyl halides is 3. The van der Waals surface area contributed by atoms with Crippen LogP contribution in [0.4, 0.5) is 23.7 Å². The number of carboxylic acid groups (broad SMARTS) is 3. The van der Waals surface area contributed by atoms with Crippen LogP contribution in [-0.2, 0) is 38.4 Å². The van der Waals surface area contributed by atoms with Crippen molar-refractivity contribution in [2.24, 2.45) is 0 Å². The van der Waals surface area contributed by atoms with Crippen molar-refractivity contribution >= 4 is 91.9 Å². The number of anilines is 1. The van der Waals surface area contributed by atoms with Gasteiger partial charge in [0.1, 0.15) is 38.4 Å². The van der Waals surface area contributed by atoms with Crippen molar-refractivity contribution < 1.29 is 52.5 Å². The number of hydrogen-bond donors (Lipinski definition) is 3. The van der Waals surface area contributed by atoms with Crippen LogP contribution in [0.2, 0.25) is 0 Å². The SMILES string of the molecule is CN1C(=CC=c2s/c(=c3/s/c(=C4/SC(=O)N(CC(=O)O)C4=O)n(CC(=O)O)c3=O)n(CC(=O)O)c2=O)Sc2ccc(C(F)(F)F)cc21. The van der Waals surface area contributed by atoms with E-state index in [9.17, 15) is 56.9 Å². The fourth-order valence-corrected chi connectivity index (χ4v) is 8.77. The molecule has 2 aliphatic rings. The first-order valence-electron chi connectivity index (χ1n) is 12.7. The van der Waals surface area contributed by atoms with Crippen LogP contribution in [0.15, 0.2) is 43.8 Å². The molecule has 21 heteroatoms. The molecule has 0 radical (unpaired) electrons. The number of fused-ring (bicyclic) bond motifs is 1. The van der Waals surface area contributed by atoms with E-state index in [2.05, 4.69) is 0 Å². The highest BCUT2D eigenvalue weighted by molar-refractivity contribution is 8.23. The normalized spacial score (nSPS) is 18.0. The summed E-state index contributed by atoms with van der Waals surface area (Å²) in [7, 11) is 1.52. The number of thioether (sulfide) groups is 2. The number of carbonyl (C=O) groups excluding carboxylic acids is 2. The fraction of sp³-hybridized carbons (Fsp3) is 0.192. The van der Waals surface area contributed by atoms with Crippen LogP contribution in [0, 0.1) is 9.20 Å². The van der Waals surface area contributed by atoms with Crippen LogP contribution in [0.3, 0.4) is 0 Å². The Morgan fingerprint density at radius 2 is 1.45 bits per heavy atom. The minimum absolute atomic E-state index is 0.0874. The Morgan fingerprint density at radius 1 is 0.830 bits per heavy atom. The summed E-state index contributed by atoms with van der Waals surface area (Å²) >= 11 is 2.58. The molecule has 0 saturated carbocycles. The number of carboxylic acids is 3. The van der Waals surface area contributed by atoms with Gasteiger partial charge in [-0.05, 0) is 42.1 Å². The number of nitrogens with zero attached hydrogens (tertiary/aromatic N) is 4. The van der Waals surface area contributed by atoms with Gasteiger partial charge in [-0.25, -0.2) is 0 Å². The molecule has 4 heterocycles. The second-order valence-corrected chi connectivity index (χ2v) is 13.6. The van der Waals surface area contributed by atoms with Crippen LogP contribution in [0.25, 0.3) is 11.0 Å². The number of allylic oxidation sites excluding steroid dienone is 1. The van der Waals surface area contributed by atoms with Crippen LogP contribution in [0.1, 0.15) is 5.56 Å². The third-order valence-corrected chi connectivity index (χ3v) is 11.2. The van der Waals surface area contributed by atoms with Crippen molar-refractivity contribution in [2.75, 3.05) is 18.5 Å². The molecule has 2 aliphatic heterocycles. The summed E-state index contributed by atoms with van der Waals surface area (Å²) in [5.74, 6) is -5.58. The molecule has 2 amide bonds. The lowest BCUT2D eigenvalue weighted by molar-refractivity contribution is -0.140. The fourth-order valence-electron chi connectivity index (χ4n) is 4.41. The Hall–Kier alpha value is -4.60. The first-order valence-corrected chi connectivity index (χ1v) is 16.0. The van der Waals surface area contributed by atoms with Gasteiger partial charge < -0.3 is 20.2 Å². The second-order valence-electron chi connectivity index (χ2n) is 9.57. The van der Waals surface area contributed by atoms with Crippen LogP contribution in [0.5, 0.6) is 0 Å². The minimum Gasteiger partial charge on any atom is -0.480 e. The summed E-state index contributed by atoms with van der Waals surface area (Å²) in [6.07, 6.45) is -1.85. The highest BCUT2D eigenvalue weighted by atomic mass is 32.2. The third kappa shape index (κ3) is 6.50. The zero-order valence-electron chi connectivity index (χ0n) is 23.3. The van der Waals surface area contributed by atoms with Gasteiger partial charge in [0.25, 0.3) is 22.3 Å². The molecule has 0 unspecified atom stereocenters. The molecule has 5 rings (SSSR count). The number of imide groups is 1. The summed E-state index contributed by atoms with van der Waals surface area (Å²) in [5, 5.41) is 27.5. The topological polar surface area (TPSA) is 197 Å². The predicted octanol–water partition coefficient (Wildman–Crippen LogP) is 1.36. The summed E-state index contributed by atoms with van der Waals surface area (Å²) in [5.41, 5.74) is -2.47. The monoisotopic (exact) mass is 730 g/mol. The van der Waals surface area contributed by atoms with Crippen molar-refractivity contribution in [1.29, 1.82) is 0 Å². The van der Waals surface area contributed by atoms with E-state index >= 15 is 0 Å². The average molecular weight is 731 g/mol. The zero-order valence-corrected chi connectivity index (χ0v) is 26.5. The number of carbonyl (C=O) groups is 5. The molecular weight excluding hydrogens is 714 g/mol. The highest BCUT2D eigenvalue weighted by Gasteiger charge is 2.38. The molecule has 0 spiro atoms. The quantitative estimate of drug-likeness (QED) is 0.316. The van der Waals surface area contributed by atoms with Gasteiger partial charge >= 0.3 is 24.1 Å². The molecule has 1 aromatic carbocycles. The van der Waals surface area contributed by atoms with Gasteiger partial charge in [-0.1, -0.05) is 11.8 Å². The highest BCUT2D eigenvalue weighted by Crippen LogP contribution is 2.47. The molecule has 1 fully saturated rings. The molecule has 47 heavy (non-hydrogen) atoms. The summed E-state index contributed by atoms with van der Waals surface area (Å²) in [6.45, 7) is -2.90. The van der Waals surface area contributed by atoms with E-state index in [1.54, 1.807) is 0 Å². The van der Waals surface area contributed by atoms with Crippen LogP contribution < -0.4 is 25.2 Å². The first kappa shape index (κ1) is 33.8. The van der Waals surface area contributed by atoms with E-state index in [1.165, 1.54) is 30.2 Å².